The lowest BCUT2D eigenvalue weighted by molar-refractivity contribution is 0.672. The summed E-state index contributed by atoms with van der Waals surface area (Å²) in [5.41, 5.74) is 10.5. The molecule has 4 nitrogen and oxygen atoms in total. The molecule has 0 amide bonds. The molecule has 0 saturated carbocycles. The molecule has 0 fully saturated rings. The van der Waals surface area contributed by atoms with Gasteiger partial charge in [-0.2, -0.15) is 0 Å². The number of benzene rings is 8. The Morgan fingerprint density at radius 2 is 0.870 bits per heavy atom. The first-order valence-electron chi connectivity index (χ1n) is 18.2. The van der Waals surface area contributed by atoms with Crippen LogP contribution in [-0.4, -0.2) is 15.0 Å². The van der Waals surface area contributed by atoms with Crippen LogP contribution in [0.15, 0.2) is 199 Å². The Hall–Kier alpha value is -7.17. The summed E-state index contributed by atoms with van der Waals surface area (Å²) >= 11 is 0. The molecule has 0 bridgehead atoms. The molecule has 1 atom stereocenters. The minimum absolute atomic E-state index is 0.0398. The molecule has 0 aliphatic heterocycles. The van der Waals surface area contributed by atoms with Crippen molar-refractivity contribution < 1.29 is 4.42 Å². The fraction of sp³-hybridized carbons (Fsp3) is 0.0200. The first kappa shape index (κ1) is 31.6. The van der Waals surface area contributed by atoms with Gasteiger partial charge in [0.1, 0.15) is 11.2 Å². The molecule has 0 N–H and O–H groups in total. The molecule has 4 heteroatoms. The first-order chi connectivity index (χ1) is 26.8. The average Bonchev–Trinajstić information content (AvgIpc) is 3.65. The molecule has 0 saturated heterocycles. The molecule has 2 aromatic heterocycles. The Morgan fingerprint density at radius 3 is 1.50 bits per heavy atom. The second-order valence-electron chi connectivity index (χ2n) is 13.5. The number of rotatable bonds is 7. The Balaban J connectivity index is 1.22. The van der Waals surface area contributed by atoms with Crippen LogP contribution in [0.2, 0.25) is 0 Å². The van der Waals surface area contributed by atoms with Crippen LogP contribution < -0.4 is 0 Å². The van der Waals surface area contributed by atoms with Crippen LogP contribution in [0.3, 0.4) is 0 Å². The molecule has 10 aromatic rings. The van der Waals surface area contributed by atoms with Crippen LogP contribution in [0, 0.1) is 0 Å². The van der Waals surface area contributed by atoms with E-state index < -0.39 is 0 Å². The molecule has 254 valence electrons. The summed E-state index contributed by atoms with van der Waals surface area (Å²) in [4.78, 5) is 15.3. The van der Waals surface area contributed by atoms with Gasteiger partial charge in [-0.05, 0) is 45.3 Å². The monoisotopic (exact) mass is 691 g/mol. The van der Waals surface area contributed by atoms with E-state index in [0.717, 1.165) is 49.4 Å². The third-order valence-corrected chi connectivity index (χ3v) is 10.3. The van der Waals surface area contributed by atoms with Gasteiger partial charge in [0, 0.05) is 38.8 Å². The highest BCUT2D eigenvalue weighted by molar-refractivity contribution is 6.19. The number of hydrogen-bond acceptors (Lipinski definition) is 4. The summed E-state index contributed by atoms with van der Waals surface area (Å²) in [7, 11) is 0. The molecule has 8 aromatic carbocycles. The van der Waals surface area contributed by atoms with E-state index in [9.17, 15) is 0 Å². The maximum absolute atomic E-state index is 6.83. The van der Waals surface area contributed by atoms with Crippen molar-refractivity contribution in [1.82, 2.24) is 15.0 Å². The summed E-state index contributed by atoms with van der Waals surface area (Å²) in [6.45, 7) is 0. The van der Waals surface area contributed by atoms with Crippen molar-refractivity contribution in [2.75, 3.05) is 0 Å². The molecule has 2 heterocycles. The molecule has 0 aliphatic rings. The summed E-state index contributed by atoms with van der Waals surface area (Å²) in [6.07, 6.45) is 0. The number of hydrogen-bond donors (Lipinski definition) is 0. The average molecular weight is 692 g/mol. The van der Waals surface area contributed by atoms with Gasteiger partial charge < -0.3 is 4.42 Å². The molecule has 10 rings (SSSR count). The van der Waals surface area contributed by atoms with Gasteiger partial charge in [-0.1, -0.05) is 182 Å². The molecular formula is C50H33N3O. The van der Waals surface area contributed by atoms with E-state index in [0.29, 0.717) is 17.5 Å². The van der Waals surface area contributed by atoms with E-state index in [1.807, 2.05) is 60.7 Å². The fourth-order valence-corrected chi connectivity index (χ4v) is 7.73. The molecule has 54 heavy (non-hydrogen) atoms. The van der Waals surface area contributed by atoms with Crippen molar-refractivity contribution in [2.45, 2.75) is 5.92 Å². The lowest BCUT2D eigenvalue weighted by atomic mass is 9.82. The van der Waals surface area contributed by atoms with Crippen LogP contribution in [0.5, 0.6) is 0 Å². The minimum Gasteiger partial charge on any atom is -0.455 e. The molecular weight excluding hydrogens is 659 g/mol. The van der Waals surface area contributed by atoms with Gasteiger partial charge in [0.15, 0.2) is 17.5 Å². The Bertz CT molecular complexity index is 2850. The van der Waals surface area contributed by atoms with Crippen molar-refractivity contribution >= 4 is 32.7 Å². The summed E-state index contributed by atoms with van der Waals surface area (Å²) in [5.74, 6) is 1.83. The van der Waals surface area contributed by atoms with Gasteiger partial charge in [-0.25, -0.2) is 15.0 Å². The zero-order valence-electron chi connectivity index (χ0n) is 29.3. The van der Waals surface area contributed by atoms with E-state index in [1.54, 1.807) is 0 Å². The van der Waals surface area contributed by atoms with Gasteiger partial charge in [0.2, 0.25) is 0 Å². The highest BCUT2D eigenvalue weighted by Crippen LogP contribution is 2.44. The van der Waals surface area contributed by atoms with Gasteiger partial charge in [-0.15, -0.1) is 0 Å². The van der Waals surface area contributed by atoms with Crippen molar-refractivity contribution in [3.8, 4) is 45.3 Å². The predicted octanol–water partition coefficient (Wildman–Crippen LogP) is 12.8. The van der Waals surface area contributed by atoms with Crippen LogP contribution >= 0.6 is 0 Å². The maximum atomic E-state index is 6.83. The summed E-state index contributed by atoms with van der Waals surface area (Å²) < 4.78 is 6.83. The smallest absolute Gasteiger partial charge is 0.164 e. The Kier molecular flexibility index (Phi) is 7.85. The zero-order chi connectivity index (χ0) is 35.8. The normalized spacial score (nSPS) is 12.0. The molecule has 1 unspecified atom stereocenters. The van der Waals surface area contributed by atoms with Gasteiger partial charge in [0.05, 0.1) is 0 Å². The van der Waals surface area contributed by atoms with E-state index in [4.69, 9.17) is 19.4 Å². The summed E-state index contributed by atoms with van der Waals surface area (Å²) in [6, 6.07) is 67.6. The number of aromatic nitrogens is 3. The lowest BCUT2D eigenvalue weighted by Gasteiger charge is -2.20. The van der Waals surface area contributed by atoms with Crippen molar-refractivity contribution in [2.24, 2.45) is 0 Å². The van der Waals surface area contributed by atoms with Crippen LogP contribution in [0.25, 0.3) is 78.0 Å². The Labute approximate surface area is 313 Å². The van der Waals surface area contributed by atoms with E-state index in [1.165, 1.54) is 27.8 Å². The highest BCUT2D eigenvalue weighted by Gasteiger charge is 2.25. The van der Waals surface area contributed by atoms with Crippen molar-refractivity contribution in [3.63, 3.8) is 0 Å². The van der Waals surface area contributed by atoms with E-state index >= 15 is 0 Å². The standard InChI is InChI=1S/C50H33N3O/c1-5-16-33(17-6-1)34-28-30-36(31-29-34)45(35-18-7-2-8-19-35)41-26-15-27-44-46(41)43-32-42(39-24-13-14-25-40(39)47(43)54-44)50-52-48(37-20-9-3-10-21-37)51-49(53-50)38-22-11-4-12-23-38/h1-32,45H. The van der Waals surface area contributed by atoms with Gasteiger partial charge in [0.25, 0.3) is 0 Å². The number of nitrogens with zero attached hydrogens (tertiary/aromatic N) is 3. The SMILES string of the molecule is c1ccc(-c2ccc(C(c3ccccc3)c3cccc4oc5c6ccccc6c(-c6nc(-c7ccccc7)nc(-c7ccccc7)n6)cc5c34)cc2)cc1. The molecule has 0 spiro atoms. The predicted molar refractivity (Wildman–Crippen MR) is 220 cm³/mol. The van der Waals surface area contributed by atoms with Crippen molar-refractivity contribution in [1.29, 1.82) is 0 Å². The van der Waals surface area contributed by atoms with Crippen molar-refractivity contribution in [3.05, 3.63) is 211 Å². The second kappa shape index (κ2) is 13.4. The minimum atomic E-state index is -0.0398. The third-order valence-electron chi connectivity index (χ3n) is 10.3. The fourth-order valence-electron chi connectivity index (χ4n) is 7.73. The lowest BCUT2D eigenvalue weighted by Crippen LogP contribution is -2.04. The number of fused-ring (bicyclic) bond motifs is 5. The highest BCUT2D eigenvalue weighted by atomic mass is 16.3. The Morgan fingerprint density at radius 1 is 0.370 bits per heavy atom. The summed E-state index contributed by atoms with van der Waals surface area (Å²) in [5, 5.41) is 4.14. The zero-order valence-corrected chi connectivity index (χ0v) is 29.3. The maximum Gasteiger partial charge on any atom is 0.164 e. The topological polar surface area (TPSA) is 51.8 Å². The molecule has 0 radical (unpaired) electrons. The third kappa shape index (κ3) is 5.62. The van der Waals surface area contributed by atoms with E-state index in [2.05, 4.69) is 133 Å². The largest absolute Gasteiger partial charge is 0.455 e. The van der Waals surface area contributed by atoms with Crippen LogP contribution in [0.1, 0.15) is 22.6 Å². The van der Waals surface area contributed by atoms with Crippen LogP contribution in [0.4, 0.5) is 0 Å². The second-order valence-corrected chi connectivity index (χ2v) is 13.5. The van der Waals surface area contributed by atoms with Crippen LogP contribution in [-0.2, 0) is 0 Å². The first-order valence-corrected chi connectivity index (χ1v) is 18.2. The van der Waals surface area contributed by atoms with Gasteiger partial charge in [-0.3, -0.25) is 0 Å². The molecule has 0 aliphatic carbocycles. The van der Waals surface area contributed by atoms with E-state index in [-0.39, 0.29) is 5.92 Å². The van der Waals surface area contributed by atoms with Gasteiger partial charge >= 0.3 is 0 Å². The number of furan rings is 1. The quantitative estimate of drug-likeness (QED) is 0.156.